The van der Waals surface area contributed by atoms with E-state index in [2.05, 4.69) is 12.2 Å². The van der Waals surface area contributed by atoms with Crippen LogP contribution in [0.4, 0.5) is 13.2 Å². The van der Waals surface area contributed by atoms with Crippen molar-refractivity contribution in [2.24, 2.45) is 5.92 Å². The lowest BCUT2D eigenvalue weighted by molar-refractivity contribution is -0.0328. The monoisotopic (exact) mass is 229 g/mol. The lowest BCUT2D eigenvalue weighted by Crippen LogP contribution is -2.22. The van der Waals surface area contributed by atoms with Crippen LogP contribution in [0.3, 0.4) is 0 Å². The molecule has 0 aliphatic heterocycles. The number of thioether (sulfide) groups is 1. The van der Waals surface area contributed by atoms with Crippen LogP contribution in [-0.2, 0) is 0 Å². The molecule has 0 saturated carbocycles. The van der Waals surface area contributed by atoms with Gasteiger partial charge in [-0.2, -0.15) is 13.2 Å². The number of rotatable bonds is 7. The predicted molar refractivity (Wildman–Crippen MR) is 55.5 cm³/mol. The average Bonchev–Trinajstić information content (AvgIpc) is 2.02. The summed E-state index contributed by atoms with van der Waals surface area (Å²) in [4.78, 5) is 0. The molecule has 1 nitrogen and oxygen atoms in total. The Balaban J connectivity index is 3.31. The van der Waals surface area contributed by atoms with Crippen molar-refractivity contribution < 1.29 is 13.2 Å². The summed E-state index contributed by atoms with van der Waals surface area (Å²) in [6, 6.07) is 0. The molecule has 0 heterocycles. The molecule has 0 amide bonds. The van der Waals surface area contributed by atoms with Crippen molar-refractivity contribution in [2.75, 3.05) is 18.8 Å². The second-order valence-corrected chi connectivity index (χ2v) is 4.55. The van der Waals surface area contributed by atoms with Gasteiger partial charge in [-0.05, 0) is 31.8 Å². The number of hydrogen-bond donors (Lipinski definition) is 1. The first kappa shape index (κ1) is 14.1. The Morgan fingerprint density at radius 2 is 2.00 bits per heavy atom. The zero-order valence-corrected chi connectivity index (χ0v) is 9.47. The lowest BCUT2D eigenvalue weighted by Gasteiger charge is -2.12. The predicted octanol–water partition coefficient (Wildman–Crippen LogP) is 3.27. The van der Waals surface area contributed by atoms with Gasteiger partial charge in [0.05, 0.1) is 0 Å². The molecule has 0 bridgehead atoms. The summed E-state index contributed by atoms with van der Waals surface area (Å²) in [6.45, 7) is 5.79. The zero-order chi connectivity index (χ0) is 11.0. The van der Waals surface area contributed by atoms with Gasteiger partial charge in [0.25, 0.3) is 0 Å². The molecular weight excluding hydrogens is 211 g/mol. The molecule has 1 unspecified atom stereocenters. The van der Waals surface area contributed by atoms with Gasteiger partial charge < -0.3 is 5.32 Å². The van der Waals surface area contributed by atoms with Crippen molar-refractivity contribution in [2.45, 2.75) is 32.2 Å². The Labute approximate surface area is 87.8 Å². The molecule has 0 fully saturated rings. The molecule has 5 heteroatoms. The van der Waals surface area contributed by atoms with E-state index in [1.807, 2.05) is 6.92 Å². The van der Waals surface area contributed by atoms with Crippen LogP contribution in [0.15, 0.2) is 0 Å². The summed E-state index contributed by atoms with van der Waals surface area (Å²) >= 11 is 0.0733. The molecule has 0 spiro atoms. The number of halogens is 3. The number of nitrogens with one attached hydrogen (secondary N) is 1. The first-order chi connectivity index (χ1) is 6.45. The van der Waals surface area contributed by atoms with Gasteiger partial charge in [0.2, 0.25) is 0 Å². The Bertz CT molecular complexity index is 139. The average molecular weight is 229 g/mol. The largest absolute Gasteiger partial charge is 0.441 e. The lowest BCUT2D eigenvalue weighted by atomic mass is 10.1. The van der Waals surface area contributed by atoms with Crippen molar-refractivity contribution in [1.29, 1.82) is 0 Å². The molecule has 0 saturated heterocycles. The third-order valence-electron chi connectivity index (χ3n) is 1.80. The molecule has 86 valence electrons. The van der Waals surface area contributed by atoms with Crippen molar-refractivity contribution in [3.05, 3.63) is 0 Å². The molecule has 0 aromatic rings. The van der Waals surface area contributed by atoms with E-state index in [-0.39, 0.29) is 17.5 Å². The minimum absolute atomic E-state index is 0.0733. The molecule has 1 atom stereocenters. The van der Waals surface area contributed by atoms with Crippen molar-refractivity contribution >= 4 is 11.8 Å². The Hall–Kier alpha value is 0.100. The van der Waals surface area contributed by atoms with Crippen LogP contribution in [0.5, 0.6) is 0 Å². The SMILES string of the molecule is CCCNCC(C)CCSC(F)(F)F. The minimum atomic E-state index is -4.07. The molecule has 0 aromatic carbocycles. The van der Waals surface area contributed by atoms with Gasteiger partial charge in [0.1, 0.15) is 0 Å². The second kappa shape index (κ2) is 7.40. The minimum Gasteiger partial charge on any atom is -0.316 e. The van der Waals surface area contributed by atoms with Gasteiger partial charge in [-0.15, -0.1) is 0 Å². The van der Waals surface area contributed by atoms with E-state index in [1.54, 1.807) is 0 Å². The molecule has 0 aliphatic rings. The fourth-order valence-corrected chi connectivity index (χ4v) is 1.75. The summed E-state index contributed by atoms with van der Waals surface area (Å²) in [5.74, 6) is 0.481. The summed E-state index contributed by atoms with van der Waals surface area (Å²) in [5.41, 5.74) is -4.07. The van der Waals surface area contributed by atoms with E-state index in [1.165, 1.54) is 0 Å². The van der Waals surface area contributed by atoms with E-state index in [0.29, 0.717) is 12.3 Å². The Kier molecular flexibility index (Phi) is 7.45. The smallest absolute Gasteiger partial charge is 0.316 e. The van der Waals surface area contributed by atoms with Crippen LogP contribution in [0, 0.1) is 5.92 Å². The second-order valence-electron chi connectivity index (χ2n) is 3.39. The maximum Gasteiger partial charge on any atom is 0.441 e. The van der Waals surface area contributed by atoms with Crippen LogP contribution in [0.2, 0.25) is 0 Å². The third kappa shape index (κ3) is 10.2. The molecule has 0 rings (SSSR count). The van der Waals surface area contributed by atoms with Crippen LogP contribution in [0.1, 0.15) is 26.7 Å². The van der Waals surface area contributed by atoms with Crippen molar-refractivity contribution in [1.82, 2.24) is 5.32 Å². The van der Waals surface area contributed by atoms with Crippen molar-refractivity contribution in [3.8, 4) is 0 Å². The molecule has 14 heavy (non-hydrogen) atoms. The first-order valence-electron chi connectivity index (χ1n) is 4.87. The van der Waals surface area contributed by atoms with Gasteiger partial charge in [0, 0.05) is 5.75 Å². The van der Waals surface area contributed by atoms with Gasteiger partial charge in [-0.3, -0.25) is 0 Å². The van der Waals surface area contributed by atoms with Gasteiger partial charge >= 0.3 is 5.51 Å². The standard InChI is InChI=1S/C9H18F3NS/c1-3-5-13-7-8(2)4-6-14-9(10,11)12/h8,13H,3-7H2,1-2H3. The molecule has 1 N–H and O–H groups in total. The van der Waals surface area contributed by atoms with Crippen molar-refractivity contribution in [3.63, 3.8) is 0 Å². The molecule has 0 radical (unpaired) electrons. The van der Waals surface area contributed by atoms with E-state index < -0.39 is 5.51 Å². The normalized spacial score (nSPS) is 14.4. The molecule has 0 aliphatic carbocycles. The quantitative estimate of drug-likeness (QED) is 0.672. The van der Waals surface area contributed by atoms with Gasteiger partial charge in [-0.1, -0.05) is 25.6 Å². The van der Waals surface area contributed by atoms with Crippen LogP contribution < -0.4 is 5.32 Å². The van der Waals surface area contributed by atoms with E-state index in [0.717, 1.165) is 19.5 Å². The highest BCUT2D eigenvalue weighted by Gasteiger charge is 2.27. The van der Waals surface area contributed by atoms with Gasteiger partial charge in [0.15, 0.2) is 0 Å². The fourth-order valence-electron chi connectivity index (χ4n) is 1.00. The van der Waals surface area contributed by atoms with Crippen LogP contribution in [-0.4, -0.2) is 24.4 Å². The maximum atomic E-state index is 11.8. The summed E-state index contributed by atoms with van der Waals surface area (Å²) < 4.78 is 35.3. The third-order valence-corrected chi connectivity index (χ3v) is 2.56. The number of hydrogen-bond acceptors (Lipinski definition) is 2. The highest BCUT2D eigenvalue weighted by molar-refractivity contribution is 8.00. The van der Waals surface area contributed by atoms with E-state index >= 15 is 0 Å². The van der Waals surface area contributed by atoms with Crippen LogP contribution >= 0.6 is 11.8 Å². The zero-order valence-electron chi connectivity index (χ0n) is 8.66. The summed E-state index contributed by atoms with van der Waals surface area (Å²) in [5, 5.41) is 3.19. The van der Waals surface area contributed by atoms with E-state index in [9.17, 15) is 13.2 Å². The summed E-state index contributed by atoms with van der Waals surface area (Å²) in [6.07, 6.45) is 1.67. The Morgan fingerprint density at radius 1 is 1.36 bits per heavy atom. The van der Waals surface area contributed by atoms with E-state index in [4.69, 9.17) is 0 Å². The first-order valence-corrected chi connectivity index (χ1v) is 5.85. The molecular formula is C9H18F3NS. The van der Waals surface area contributed by atoms with Gasteiger partial charge in [-0.25, -0.2) is 0 Å². The number of alkyl halides is 3. The molecule has 0 aromatic heterocycles. The maximum absolute atomic E-state index is 11.8. The fraction of sp³-hybridized carbons (Fsp3) is 1.00. The highest BCUT2D eigenvalue weighted by atomic mass is 32.2. The summed E-state index contributed by atoms with van der Waals surface area (Å²) in [7, 11) is 0. The topological polar surface area (TPSA) is 12.0 Å². The van der Waals surface area contributed by atoms with Crippen LogP contribution in [0.25, 0.3) is 0 Å². The highest BCUT2D eigenvalue weighted by Crippen LogP contribution is 2.31. The Morgan fingerprint density at radius 3 is 2.50 bits per heavy atom.